The zero-order chi connectivity index (χ0) is 45.4. The summed E-state index contributed by atoms with van der Waals surface area (Å²) in [5.41, 5.74) is 0. The van der Waals surface area contributed by atoms with Gasteiger partial charge in [-0.3, -0.25) is 14.4 Å². The van der Waals surface area contributed by atoms with Crippen LogP contribution in [0.5, 0.6) is 0 Å². The van der Waals surface area contributed by atoms with Crippen molar-refractivity contribution >= 4 is 17.9 Å². The van der Waals surface area contributed by atoms with Crippen molar-refractivity contribution in [2.45, 2.75) is 317 Å². The van der Waals surface area contributed by atoms with Crippen molar-refractivity contribution in [3.05, 3.63) is 0 Å². The molecule has 0 aromatic carbocycles. The van der Waals surface area contributed by atoms with Gasteiger partial charge in [0.1, 0.15) is 13.2 Å². The molecule has 0 radical (unpaired) electrons. The third-order valence-electron chi connectivity index (χ3n) is 12.7. The molecule has 0 amide bonds. The summed E-state index contributed by atoms with van der Waals surface area (Å²) in [5.74, 6) is 0.784. The topological polar surface area (TPSA) is 78.9 Å². The average molecular weight is 877 g/mol. The molecular formula is C56H108O6. The molecule has 0 spiro atoms. The molecule has 0 unspecified atom stereocenters. The number of unbranched alkanes of at least 4 members (excludes halogenated alkanes) is 35. The van der Waals surface area contributed by atoms with Gasteiger partial charge >= 0.3 is 17.9 Å². The van der Waals surface area contributed by atoms with Crippen molar-refractivity contribution in [3.63, 3.8) is 0 Å². The lowest BCUT2D eigenvalue weighted by Gasteiger charge is -2.18. The van der Waals surface area contributed by atoms with E-state index in [4.69, 9.17) is 14.2 Å². The normalized spacial score (nSPS) is 12.0. The molecule has 0 saturated heterocycles. The predicted octanol–water partition coefficient (Wildman–Crippen LogP) is 18.1. The Labute approximate surface area is 387 Å². The molecule has 368 valence electrons. The highest BCUT2D eigenvalue weighted by atomic mass is 16.6. The van der Waals surface area contributed by atoms with Crippen LogP contribution in [-0.2, 0) is 28.6 Å². The molecule has 0 aliphatic rings. The van der Waals surface area contributed by atoms with Gasteiger partial charge in [0, 0.05) is 19.3 Å². The first-order valence-corrected chi connectivity index (χ1v) is 27.7. The number of rotatable bonds is 50. The van der Waals surface area contributed by atoms with Crippen LogP contribution in [0, 0.1) is 11.8 Å². The maximum Gasteiger partial charge on any atom is 0.306 e. The van der Waals surface area contributed by atoms with Crippen molar-refractivity contribution in [3.8, 4) is 0 Å². The van der Waals surface area contributed by atoms with Gasteiger partial charge in [-0.1, -0.05) is 272 Å². The second-order valence-electron chi connectivity index (χ2n) is 20.2. The van der Waals surface area contributed by atoms with E-state index in [-0.39, 0.29) is 31.1 Å². The van der Waals surface area contributed by atoms with Crippen LogP contribution in [0.25, 0.3) is 0 Å². The molecule has 62 heavy (non-hydrogen) atoms. The molecule has 0 bridgehead atoms. The molecule has 6 heteroatoms. The lowest BCUT2D eigenvalue weighted by Crippen LogP contribution is -2.30. The lowest BCUT2D eigenvalue weighted by atomic mass is 10.0. The summed E-state index contributed by atoms with van der Waals surface area (Å²) in [4.78, 5) is 38.0. The Morgan fingerprint density at radius 3 is 0.790 bits per heavy atom. The Kier molecular flexibility index (Phi) is 47.6. The Morgan fingerprint density at radius 1 is 0.306 bits per heavy atom. The van der Waals surface area contributed by atoms with E-state index in [1.807, 2.05) is 0 Å². The van der Waals surface area contributed by atoms with E-state index < -0.39 is 6.10 Å². The molecule has 0 aliphatic carbocycles. The fourth-order valence-electron chi connectivity index (χ4n) is 8.52. The van der Waals surface area contributed by atoms with Crippen molar-refractivity contribution in [2.24, 2.45) is 11.8 Å². The minimum absolute atomic E-state index is 0.0635. The van der Waals surface area contributed by atoms with Gasteiger partial charge in [0.15, 0.2) is 6.10 Å². The molecule has 0 aromatic rings. The SMILES string of the molecule is CCCCCCCCCCCCCCCCCCC(=O)OC[C@@H](COC(=O)CCCCCCCCCC(C)C)OC(=O)CCCCCCCCCCCCCCCCCC(C)C. The zero-order valence-corrected chi connectivity index (χ0v) is 42.5. The van der Waals surface area contributed by atoms with Crippen LogP contribution < -0.4 is 0 Å². The molecule has 0 fully saturated rings. The van der Waals surface area contributed by atoms with Crippen LogP contribution in [0.1, 0.15) is 311 Å². The molecule has 6 nitrogen and oxygen atoms in total. The number of hydrogen-bond donors (Lipinski definition) is 0. The van der Waals surface area contributed by atoms with Crippen LogP contribution in [-0.4, -0.2) is 37.2 Å². The van der Waals surface area contributed by atoms with Gasteiger partial charge in [0.25, 0.3) is 0 Å². The lowest BCUT2D eigenvalue weighted by molar-refractivity contribution is -0.167. The van der Waals surface area contributed by atoms with Crippen molar-refractivity contribution in [1.82, 2.24) is 0 Å². The molecule has 0 heterocycles. The van der Waals surface area contributed by atoms with E-state index in [1.54, 1.807) is 0 Å². The van der Waals surface area contributed by atoms with Crippen LogP contribution >= 0.6 is 0 Å². The summed E-state index contributed by atoms with van der Waals surface area (Å²) in [6.07, 6.45) is 51.0. The Hall–Kier alpha value is -1.59. The first-order valence-electron chi connectivity index (χ1n) is 27.7. The predicted molar refractivity (Wildman–Crippen MR) is 266 cm³/mol. The minimum atomic E-state index is -0.762. The second kappa shape index (κ2) is 48.9. The molecule has 0 N–H and O–H groups in total. The molecular weight excluding hydrogens is 769 g/mol. The standard InChI is InChI=1S/C56H108O6/c1-6-7-8-9-10-11-12-13-14-17-20-23-26-31-36-41-46-54(57)60-49-53(50-61-55(58)47-42-37-33-28-30-35-40-45-52(4)5)62-56(59)48-43-38-32-27-24-21-18-15-16-19-22-25-29-34-39-44-51(2)3/h51-53H,6-50H2,1-5H3/t53-/m0/s1. The van der Waals surface area contributed by atoms with Crippen molar-refractivity contribution in [1.29, 1.82) is 0 Å². The van der Waals surface area contributed by atoms with Gasteiger partial charge in [-0.15, -0.1) is 0 Å². The Bertz CT molecular complexity index is 947. The second-order valence-corrected chi connectivity index (χ2v) is 20.2. The largest absolute Gasteiger partial charge is 0.462 e. The average Bonchev–Trinajstić information content (AvgIpc) is 3.24. The van der Waals surface area contributed by atoms with Crippen molar-refractivity contribution in [2.75, 3.05) is 13.2 Å². The van der Waals surface area contributed by atoms with Gasteiger partial charge in [0.2, 0.25) is 0 Å². The third kappa shape index (κ3) is 49.4. The zero-order valence-electron chi connectivity index (χ0n) is 42.5. The highest BCUT2D eigenvalue weighted by Gasteiger charge is 2.19. The van der Waals surface area contributed by atoms with Gasteiger partial charge in [0.05, 0.1) is 0 Å². The van der Waals surface area contributed by atoms with Gasteiger partial charge in [-0.05, 0) is 31.1 Å². The Balaban J connectivity index is 4.26. The Morgan fingerprint density at radius 2 is 0.532 bits per heavy atom. The summed E-state index contributed by atoms with van der Waals surface area (Å²) in [7, 11) is 0. The van der Waals surface area contributed by atoms with E-state index in [9.17, 15) is 14.4 Å². The fraction of sp³-hybridized carbons (Fsp3) is 0.946. The molecule has 0 saturated carbocycles. The summed E-state index contributed by atoms with van der Waals surface area (Å²) < 4.78 is 16.8. The summed E-state index contributed by atoms with van der Waals surface area (Å²) in [6.45, 7) is 11.4. The third-order valence-corrected chi connectivity index (χ3v) is 12.7. The van der Waals surface area contributed by atoms with Gasteiger partial charge in [-0.2, -0.15) is 0 Å². The summed E-state index contributed by atoms with van der Waals surface area (Å²) in [5, 5.41) is 0. The van der Waals surface area contributed by atoms with E-state index in [0.717, 1.165) is 69.6 Å². The van der Waals surface area contributed by atoms with E-state index in [1.165, 1.54) is 199 Å². The molecule has 0 aromatic heterocycles. The number of carbonyl (C=O) groups is 3. The maximum atomic E-state index is 12.8. The minimum Gasteiger partial charge on any atom is -0.462 e. The number of hydrogen-bond acceptors (Lipinski definition) is 6. The van der Waals surface area contributed by atoms with E-state index in [2.05, 4.69) is 34.6 Å². The number of esters is 3. The van der Waals surface area contributed by atoms with Crippen LogP contribution in [0.2, 0.25) is 0 Å². The first-order chi connectivity index (χ1) is 30.2. The molecule has 0 aliphatic heterocycles. The monoisotopic (exact) mass is 877 g/mol. The first kappa shape index (κ1) is 60.4. The van der Waals surface area contributed by atoms with E-state index in [0.29, 0.717) is 19.3 Å². The maximum absolute atomic E-state index is 12.8. The number of carbonyl (C=O) groups excluding carboxylic acids is 3. The van der Waals surface area contributed by atoms with Crippen LogP contribution in [0.3, 0.4) is 0 Å². The molecule has 0 rings (SSSR count). The summed E-state index contributed by atoms with van der Waals surface area (Å²) >= 11 is 0. The summed E-state index contributed by atoms with van der Waals surface area (Å²) in [6, 6.07) is 0. The fourth-order valence-corrected chi connectivity index (χ4v) is 8.52. The highest BCUT2D eigenvalue weighted by molar-refractivity contribution is 5.71. The van der Waals surface area contributed by atoms with Crippen LogP contribution in [0.15, 0.2) is 0 Å². The van der Waals surface area contributed by atoms with E-state index >= 15 is 0 Å². The van der Waals surface area contributed by atoms with Gasteiger partial charge in [-0.25, -0.2) is 0 Å². The smallest absolute Gasteiger partial charge is 0.306 e. The highest BCUT2D eigenvalue weighted by Crippen LogP contribution is 2.18. The van der Waals surface area contributed by atoms with Gasteiger partial charge < -0.3 is 14.2 Å². The quantitative estimate of drug-likeness (QED) is 0.0344. The van der Waals surface area contributed by atoms with Crippen LogP contribution in [0.4, 0.5) is 0 Å². The van der Waals surface area contributed by atoms with Crippen molar-refractivity contribution < 1.29 is 28.6 Å². The molecule has 1 atom stereocenters. The number of ether oxygens (including phenoxy) is 3.